The van der Waals surface area contributed by atoms with Crippen LogP contribution in [0.25, 0.3) is 5.82 Å². The molecule has 3 aliphatic rings. The van der Waals surface area contributed by atoms with Crippen LogP contribution in [-0.4, -0.2) is 61.7 Å². The summed E-state index contributed by atoms with van der Waals surface area (Å²) in [7, 11) is 1.85. The number of nitrogens with two attached hydrogens (primary N) is 1. The molecule has 4 atom stereocenters. The lowest BCUT2D eigenvalue weighted by Crippen LogP contribution is -2.42. The number of hydrazine groups is 1. The number of aromatic nitrogens is 5. The maximum atomic E-state index is 13.3. The van der Waals surface area contributed by atoms with Gasteiger partial charge in [-0.3, -0.25) is 10.1 Å². The highest BCUT2D eigenvalue weighted by molar-refractivity contribution is 6.02. The number of aliphatic imine (C=N–C) groups is 1. The average molecular weight is 631 g/mol. The molecule has 13 heteroatoms. The van der Waals surface area contributed by atoms with Crippen molar-refractivity contribution in [3.05, 3.63) is 77.8 Å². The van der Waals surface area contributed by atoms with Crippen molar-refractivity contribution in [2.24, 2.45) is 34.4 Å². The van der Waals surface area contributed by atoms with Crippen LogP contribution >= 0.6 is 0 Å². The van der Waals surface area contributed by atoms with Gasteiger partial charge in [-0.15, -0.1) is 0 Å². The first-order valence-corrected chi connectivity index (χ1v) is 16.1. The zero-order chi connectivity index (χ0) is 32.2. The lowest BCUT2D eigenvalue weighted by atomic mass is 9.62. The Hall–Kier alpha value is -4.36. The highest BCUT2D eigenvalue weighted by Crippen LogP contribution is 2.45. The number of pyridine rings is 1. The third kappa shape index (κ3) is 6.90. The molecule has 0 radical (unpaired) electrons. The van der Waals surface area contributed by atoms with Gasteiger partial charge in [-0.25, -0.2) is 24.5 Å². The molecule has 0 amide bonds. The van der Waals surface area contributed by atoms with E-state index in [1.807, 2.05) is 49.6 Å². The van der Waals surface area contributed by atoms with E-state index in [2.05, 4.69) is 37.9 Å². The average Bonchev–Trinajstić information content (AvgIpc) is 3.69. The molecule has 244 valence electrons. The van der Waals surface area contributed by atoms with E-state index in [4.69, 9.17) is 15.5 Å². The van der Waals surface area contributed by atoms with Crippen LogP contribution in [0, 0.1) is 36.4 Å². The molecule has 2 saturated carbocycles. The monoisotopic (exact) mass is 630 g/mol. The van der Waals surface area contributed by atoms with E-state index >= 15 is 0 Å². The Balaban J connectivity index is 0.979. The third-order valence-corrected chi connectivity index (χ3v) is 9.62. The Kier molecular flexibility index (Phi) is 9.59. The molecule has 0 saturated heterocycles. The molecule has 2 fully saturated rings. The number of H-pyrrole nitrogens is 1. The van der Waals surface area contributed by atoms with Gasteiger partial charge in [0.15, 0.2) is 17.5 Å². The van der Waals surface area contributed by atoms with Gasteiger partial charge in [0.05, 0.1) is 42.7 Å². The fraction of sp³-hybridized carbons (Fsp3) is 0.485. The van der Waals surface area contributed by atoms with Crippen LogP contribution in [0.15, 0.2) is 65.7 Å². The first kappa shape index (κ1) is 31.6. The van der Waals surface area contributed by atoms with Gasteiger partial charge in [0, 0.05) is 43.0 Å². The molecule has 0 aromatic carbocycles. The van der Waals surface area contributed by atoms with Gasteiger partial charge in [0.1, 0.15) is 12.1 Å². The van der Waals surface area contributed by atoms with Crippen molar-refractivity contribution >= 4 is 17.8 Å². The van der Waals surface area contributed by atoms with E-state index in [0.29, 0.717) is 30.0 Å². The zero-order valence-corrected chi connectivity index (χ0v) is 26.6. The molecule has 1 aliphatic heterocycles. The standard InChI is InChI=1S/C33H43FN10O2/c1-20(23-6-9-32(37-14-23)44-16-26(34)15-38-44)10-24-12-25(28(24)18-45)19-46-27-7-4-22(5-8-27)33-29(13-35)43(36-3)17-31(40-33)39-30-11-21(2)41-42-30/h6,9,11,13-18,20,22,24-25,27-28,36H,4-5,7-8,10,12,19,35H2,1-3H3,(H2,39,41,42)/b29-13-/t20-,22?,24?,25?,27?,28?/m1/s1. The Morgan fingerprint density at radius 1 is 1.22 bits per heavy atom. The summed E-state index contributed by atoms with van der Waals surface area (Å²) < 4.78 is 21.1. The Morgan fingerprint density at radius 3 is 2.67 bits per heavy atom. The van der Waals surface area contributed by atoms with Crippen LogP contribution < -0.4 is 16.5 Å². The van der Waals surface area contributed by atoms with Gasteiger partial charge < -0.3 is 20.6 Å². The van der Waals surface area contributed by atoms with Crippen molar-refractivity contribution in [3.8, 4) is 5.82 Å². The van der Waals surface area contributed by atoms with Crippen LogP contribution in [0.4, 0.5) is 10.2 Å². The first-order chi connectivity index (χ1) is 22.3. The summed E-state index contributed by atoms with van der Waals surface area (Å²) in [6, 6.07) is 5.79. The summed E-state index contributed by atoms with van der Waals surface area (Å²) in [5, 5.41) is 16.4. The second-order valence-corrected chi connectivity index (χ2v) is 12.7. The number of carbonyl (C=O) groups excluding carboxylic acids is 1. The summed E-state index contributed by atoms with van der Waals surface area (Å²) in [4.78, 5) is 21.5. The van der Waals surface area contributed by atoms with Crippen LogP contribution in [0.2, 0.25) is 0 Å². The van der Waals surface area contributed by atoms with Gasteiger partial charge in [0.2, 0.25) is 0 Å². The van der Waals surface area contributed by atoms with Crippen molar-refractivity contribution in [3.63, 3.8) is 0 Å². The highest BCUT2D eigenvalue weighted by atomic mass is 19.1. The van der Waals surface area contributed by atoms with Crippen LogP contribution in [0.3, 0.4) is 0 Å². The molecule has 46 heavy (non-hydrogen) atoms. The summed E-state index contributed by atoms with van der Waals surface area (Å²) in [5.74, 6) is 2.67. The van der Waals surface area contributed by atoms with Crippen molar-refractivity contribution in [2.75, 3.05) is 19.0 Å². The summed E-state index contributed by atoms with van der Waals surface area (Å²) in [6.45, 7) is 4.73. The summed E-state index contributed by atoms with van der Waals surface area (Å²) >= 11 is 0. The summed E-state index contributed by atoms with van der Waals surface area (Å²) in [5.41, 5.74) is 13.1. The molecule has 4 heterocycles. The minimum absolute atomic E-state index is 0.00968. The molecule has 6 rings (SSSR count). The lowest BCUT2D eigenvalue weighted by molar-refractivity contribution is -0.124. The normalized spacial score (nSPS) is 26.3. The maximum absolute atomic E-state index is 13.3. The molecule has 12 nitrogen and oxygen atoms in total. The Labute approximate surface area is 268 Å². The number of hydrogen-bond donors (Lipinski definition) is 4. The third-order valence-electron chi connectivity index (χ3n) is 9.62. The number of nitrogens with zero attached hydrogens (tertiary/aromatic N) is 6. The number of nitrogens with one attached hydrogen (secondary N) is 3. The predicted molar refractivity (Wildman–Crippen MR) is 173 cm³/mol. The fourth-order valence-electron chi connectivity index (χ4n) is 7.01. The predicted octanol–water partition coefficient (Wildman–Crippen LogP) is 4.56. The molecule has 0 spiro atoms. The van der Waals surface area contributed by atoms with Crippen LogP contribution in [-0.2, 0) is 9.53 Å². The van der Waals surface area contributed by atoms with Crippen LogP contribution in [0.1, 0.15) is 62.6 Å². The molecule has 0 bridgehead atoms. The van der Waals surface area contributed by atoms with E-state index in [9.17, 15) is 9.18 Å². The SMILES string of the molecule is CNN1C=C(Nc2cc(C)[nH]n2)N=C(C2CCC(OCC3CC(C[C@@H](C)c4ccc(-n5cc(F)cn5)nc4)C3C=O)CC2)/C1=C/N. The Bertz CT molecular complexity index is 1590. The number of halogens is 1. The van der Waals surface area contributed by atoms with E-state index in [-0.39, 0.29) is 29.8 Å². The molecule has 5 N–H and O–H groups in total. The first-order valence-electron chi connectivity index (χ1n) is 16.1. The quantitative estimate of drug-likeness (QED) is 0.211. The number of aryl methyl sites for hydroxylation is 1. The number of carbonyl (C=O) groups is 1. The molecular formula is C33H43FN10O2. The van der Waals surface area contributed by atoms with E-state index in [1.165, 1.54) is 10.9 Å². The van der Waals surface area contributed by atoms with Gasteiger partial charge in [0.25, 0.3) is 0 Å². The number of allylic oxidation sites excluding steroid dienone is 1. The highest BCUT2D eigenvalue weighted by Gasteiger charge is 2.42. The second kappa shape index (κ2) is 14.0. The van der Waals surface area contributed by atoms with Gasteiger partial charge in [-0.2, -0.15) is 10.2 Å². The zero-order valence-electron chi connectivity index (χ0n) is 26.6. The number of ether oxygens (including phenoxy) is 1. The molecule has 3 aromatic heterocycles. The van der Waals surface area contributed by atoms with Crippen LogP contribution in [0.5, 0.6) is 0 Å². The number of anilines is 1. The van der Waals surface area contributed by atoms with E-state index < -0.39 is 5.82 Å². The van der Waals surface area contributed by atoms with Gasteiger partial charge in [-0.05, 0) is 74.8 Å². The second-order valence-electron chi connectivity index (χ2n) is 12.7. The van der Waals surface area contributed by atoms with Crippen molar-refractivity contribution in [1.29, 1.82) is 0 Å². The topological polar surface area (TPSA) is 151 Å². The smallest absolute Gasteiger partial charge is 0.161 e. The molecular weight excluding hydrogens is 587 g/mol. The van der Waals surface area contributed by atoms with E-state index in [0.717, 1.165) is 73.7 Å². The fourth-order valence-corrected chi connectivity index (χ4v) is 7.01. The number of aldehydes is 1. The maximum Gasteiger partial charge on any atom is 0.161 e. The molecule has 2 aliphatic carbocycles. The van der Waals surface area contributed by atoms with Gasteiger partial charge >= 0.3 is 0 Å². The van der Waals surface area contributed by atoms with E-state index in [1.54, 1.807) is 6.20 Å². The summed E-state index contributed by atoms with van der Waals surface area (Å²) in [6.07, 6.45) is 14.7. The van der Waals surface area contributed by atoms with Gasteiger partial charge in [-0.1, -0.05) is 13.0 Å². The lowest BCUT2D eigenvalue weighted by Gasteiger charge is -2.43. The number of aromatic amines is 1. The van der Waals surface area contributed by atoms with Crippen molar-refractivity contribution in [1.82, 2.24) is 35.4 Å². The Morgan fingerprint density at radius 2 is 2.04 bits per heavy atom. The van der Waals surface area contributed by atoms with Crippen molar-refractivity contribution < 1.29 is 13.9 Å². The number of hydrogen-bond acceptors (Lipinski definition) is 10. The minimum Gasteiger partial charge on any atom is -0.403 e. The molecule has 3 aromatic rings. The largest absolute Gasteiger partial charge is 0.403 e. The number of rotatable bonds is 12. The molecule has 3 unspecified atom stereocenters. The minimum atomic E-state index is -0.397. The van der Waals surface area contributed by atoms with Crippen molar-refractivity contribution in [2.45, 2.75) is 64.4 Å².